The van der Waals surface area contributed by atoms with Gasteiger partial charge in [-0.3, -0.25) is 9.69 Å². The first-order chi connectivity index (χ1) is 19.2. The number of aromatic nitrogens is 2. The fraction of sp³-hybridized carbons (Fsp3) is 0.233. The monoisotopic (exact) mass is 549 g/mol. The number of benzene rings is 3. The summed E-state index contributed by atoms with van der Waals surface area (Å²) in [5, 5.41) is 1.71. The highest BCUT2D eigenvalue weighted by Crippen LogP contribution is 2.40. The molecule has 40 heavy (non-hydrogen) atoms. The molecule has 0 saturated carbocycles. The van der Waals surface area contributed by atoms with Gasteiger partial charge in [0.25, 0.3) is 0 Å². The lowest BCUT2D eigenvalue weighted by Crippen LogP contribution is -2.39. The molecule has 1 aliphatic rings. The maximum Gasteiger partial charge on any atom is 0.573 e. The van der Waals surface area contributed by atoms with Crippen LogP contribution in [0, 0.1) is 0 Å². The molecule has 6 rings (SSSR count). The number of ketones is 1. The summed E-state index contributed by atoms with van der Waals surface area (Å²) in [6.45, 7) is 0.763. The van der Waals surface area contributed by atoms with Gasteiger partial charge in [-0.25, -0.2) is 0 Å². The van der Waals surface area contributed by atoms with Crippen LogP contribution >= 0.6 is 0 Å². The number of nitrogens with one attached hydrogen (secondary N) is 2. The Labute approximate surface area is 227 Å². The number of nitrogens with zero attached hydrogens (tertiary/aromatic N) is 1. The largest absolute Gasteiger partial charge is 0.573 e. The summed E-state index contributed by atoms with van der Waals surface area (Å²) in [7, 11) is 3.18. The van der Waals surface area contributed by atoms with Crippen molar-refractivity contribution in [3.63, 3.8) is 0 Å². The molecule has 0 radical (unpaired) electrons. The minimum atomic E-state index is -4.79. The molecule has 3 heterocycles. The van der Waals surface area contributed by atoms with Crippen molar-refractivity contribution in [1.29, 1.82) is 0 Å². The second kappa shape index (κ2) is 9.95. The van der Waals surface area contributed by atoms with Crippen molar-refractivity contribution < 1.29 is 32.2 Å². The third-order valence-electron chi connectivity index (χ3n) is 7.35. The number of methoxy groups -OCH3 is 2. The van der Waals surface area contributed by atoms with Crippen LogP contribution in [0.1, 0.15) is 33.2 Å². The highest BCUT2D eigenvalue weighted by atomic mass is 19.4. The molecule has 2 aromatic heterocycles. The van der Waals surface area contributed by atoms with E-state index in [2.05, 4.69) is 14.7 Å². The minimum Gasteiger partial charge on any atom is -0.497 e. The SMILES string of the molecule is COc1ccc2[nH]cc(C(=O)C3c4[nH]c5ccc(OC)cc5c4CCN3Cc3cccc(OC(F)(F)F)c3)c2c1. The third-order valence-corrected chi connectivity index (χ3v) is 7.35. The maximum atomic E-state index is 14.4. The van der Waals surface area contributed by atoms with Gasteiger partial charge >= 0.3 is 6.36 Å². The van der Waals surface area contributed by atoms with Gasteiger partial charge < -0.3 is 24.2 Å². The molecule has 5 aromatic rings. The molecule has 0 amide bonds. The van der Waals surface area contributed by atoms with Gasteiger partial charge in [-0.2, -0.15) is 0 Å². The Morgan fingerprint density at radius 3 is 2.40 bits per heavy atom. The summed E-state index contributed by atoms with van der Waals surface area (Å²) in [6.07, 6.45) is -2.45. The van der Waals surface area contributed by atoms with E-state index in [0.29, 0.717) is 35.6 Å². The lowest BCUT2D eigenvalue weighted by atomic mass is 9.91. The van der Waals surface area contributed by atoms with Crippen molar-refractivity contribution in [3.05, 3.63) is 89.2 Å². The highest BCUT2D eigenvalue weighted by molar-refractivity contribution is 6.11. The van der Waals surface area contributed by atoms with Crippen molar-refractivity contribution in [2.75, 3.05) is 20.8 Å². The standard InChI is InChI=1S/C30H26F3N3O4/c1-38-18-6-8-25-23(14-18)24(15-34-25)29(37)28-27-21(22-13-19(39-2)7-9-26(22)35-27)10-11-36(28)16-17-4-3-5-20(12-17)40-30(31,32)33/h3-9,12-15,28,34-35H,10-11,16H2,1-2H3. The average molecular weight is 550 g/mol. The number of ether oxygens (including phenoxy) is 3. The molecule has 7 nitrogen and oxygen atoms in total. The van der Waals surface area contributed by atoms with E-state index in [1.54, 1.807) is 26.5 Å². The summed E-state index contributed by atoms with van der Waals surface area (Å²) < 4.78 is 53.5. The predicted octanol–water partition coefficient (Wildman–Crippen LogP) is 6.55. The Morgan fingerprint density at radius 2 is 1.68 bits per heavy atom. The molecule has 0 fully saturated rings. The summed E-state index contributed by atoms with van der Waals surface area (Å²) in [6, 6.07) is 16.4. The number of halogens is 3. The Bertz CT molecular complexity index is 1720. The molecule has 0 spiro atoms. The van der Waals surface area contributed by atoms with Crippen LogP contribution in [0.15, 0.2) is 66.9 Å². The van der Waals surface area contributed by atoms with Crippen molar-refractivity contribution in [3.8, 4) is 17.2 Å². The quantitative estimate of drug-likeness (QED) is 0.225. The van der Waals surface area contributed by atoms with Crippen molar-refractivity contribution in [2.24, 2.45) is 0 Å². The van der Waals surface area contributed by atoms with Crippen LogP contribution in [-0.2, 0) is 13.0 Å². The zero-order valence-electron chi connectivity index (χ0n) is 21.8. The molecule has 1 atom stereocenters. The van der Waals surface area contributed by atoms with Gasteiger partial charge in [0, 0.05) is 52.3 Å². The topological polar surface area (TPSA) is 79.6 Å². The molecule has 0 saturated heterocycles. The summed E-state index contributed by atoms with van der Waals surface area (Å²) in [5.74, 6) is 0.903. The molecule has 206 valence electrons. The summed E-state index contributed by atoms with van der Waals surface area (Å²) in [5.41, 5.74) is 4.56. The summed E-state index contributed by atoms with van der Waals surface area (Å²) >= 11 is 0. The zero-order valence-corrected chi connectivity index (χ0v) is 21.8. The van der Waals surface area contributed by atoms with E-state index in [0.717, 1.165) is 33.1 Å². The van der Waals surface area contributed by atoms with Gasteiger partial charge in [-0.05, 0) is 66.1 Å². The van der Waals surface area contributed by atoms with Crippen LogP contribution in [-0.4, -0.2) is 47.8 Å². The molecule has 1 unspecified atom stereocenters. The number of hydrogen-bond donors (Lipinski definition) is 2. The fourth-order valence-corrected chi connectivity index (χ4v) is 5.57. The fourth-order valence-electron chi connectivity index (χ4n) is 5.57. The van der Waals surface area contributed by atoms with E-state index in [9.17, 15) is 18.0 Å². The van der Waals surface area contributed by atoms with Gasteiger partial charge in [0.2, 0.25) is 0 Å². The maximum absolute atomic E-state index is 14.4. The first kappa shape index (κ1) is 25.8. The van der Waals surface area contributed by atoms with Crippen LogP contribution in [0.25, 0.3) is 21.8 Å². The van der Waals surface area contributed by atoms with Crippen LogP contribution < -0.4 is 14.2 Å². The minimum absolute atomic E-state index is 0.137. The van der Waals surface area contributed by atoms with E-state index >= 15 is 0 Å². The molecule has 1 aliphatic heterocycles. The molecule has 0 aliphatic carbocycles. The predicted molar refractivity (Wildman–Crippen MR) is 144 cm³/mol. The van der Waals surface area contributed by atoms with Gasteiger partial charge in [0.15, 0.2) is 5.78 Å². The van der Waals surface area contributed by atoms with Crippen molar-refractivity contribution >= 4 is 27.6 Å². The molecule has 3 aromatic carbocycles. The van der Waals surface area contributed by atoms with Crippen LogP contribution in [0.3, 0.4) is 0 Å². The molecular weight excluding hydrogens is 523 g/mol. The Hall–Kier alpha value is -4.44. The van der Waals surface area contributed by atoms with E-state index in [1.165, 1.54) is 18.2 Å². The Balaban J connectivity index is 1.44. The van der Waals surface area contributed by atoms with Crippen LogP contribution in [0.2, 0.25) is 0 Å². The van der Waals surface area contributed by atoms with E-state index in [-0.39, 0.29) is 18.1 Å². The average Bonchev–Trinajstić information content (AvgIpc) is 3.52. The number of carbonyl (C=O) groups is 1. The highest BCUT2D eigenvalue weighted by Gasteiger charge is 2.37. The third kappa shape index (κ3) is 4.75. The lowest BCUT2D eigenvalue weighted by molar-refractivity contribution is -0.274. The van der Waals surface area contributed by atoms with Crippen molar-refractivity contribution in [2.45, 2.75) is 25.4 Å². The second-order valence-corrected chi connectivity index (χ2v) is 9.73. The normalized spacial score (nSPS) is 15.8. The molecule has 0 bridgehead atoms. The number of hydrogen-bond acceptors (Lipinski definition) is 5. The van der Waals surface area contributed by atoms with Gasteiger partial charge in [-0.1, -0.05) is 12.1 Å². The zero-order chi connectivity index (χ0) is 28.0. The number of Topliss-reactive ketones (excluding diaryl/α,β-unsaturated/α-hetero) is 1. The summed E-state index contributed by atoms with van der Waals surface area (Å²) in [4.78, 5) is 23.0. The van der Waals surface area contributed by atoms with Gasteiger partial charge in [0.05, 0.1) is 14.2 Å². The van der Waals surface area contributed by atoms with E-state index < -0.39 is 12.4 Å². The number of aromatic amines is 2. The Kier molecular flexibility index (Phi) is 6.42. The number of rotatable bonds is 7. The van der Waals surface area contributed by atoms with Gasteiger partial charge in [-0.15, -0.1) is 13.2 Å². The number of alkyl halides is 3. The number of carbonyl (C=O) groups excluding carboxylic acids is 1. The second-order valence-electron chi connectivity index (χ2n) is 9.73. The van der Waals surface area contributed by atoms with Gasteiger partial charge in [0.1, 0.15) is 23.3 Å². The Morgan fingerprint density at radius 1 is 0.950 bits per heavy atom. The number of fused-ring (bicyclic) bond motifs is 4. The van der Waals surface area contributed by atoms with Crippen molar-refractivity contribution in [1.82, 2.24) is 14.9 Å². The lowest BCUT2D eigenvalue weighted by Gasteiger charge is -2.35. The molecular formula is C30H26F3N3O4. The molecule has 10 heteroatoms. The first-order valence-electron chi connectivity index (χ1n) is 12.7. The van der Waals surface area contributed by atoms with E-state index in [4.69, 9.17) is 9.47 Å². The molecule has 2 N–H and O–H groups in total. The van der Waals surface area contributed by atoms with Crippen LogP contribution in [0.5, 0.6) is 17.2 Å². The van der Waals surface area contributed by atoms with E-state index in [1.807, 2.05) is 41.3 Å². The van der Waals surface area contributed by atoms with Crippen LogP contribution in [0.4, 0.5) is 13.2 Å². The number of H-pyrrole nitrogens is 2. The smallest absolute Gasteiger partial charge is 0.497 e. The first-order valence-corrected chi connectivity index (χ1v) is 12.7.